The number of hydrogen-bond acceptors (Lipinski definition) is 5. The van der Waals surface area contributed by atoms with Crippen LogP contribution in [-0.4, -0.2) is 19.4 Å². The van der Waals surface area contributed by atoms with Crippen molar-refractivity contribution in [1.29, 1.82) is 0 Å². The van der Waals surface area contributed by atoms with Crippen LogP contribution in [0.15, 0.2) is 45.9 Å². The number of sulfonamides is 1. The number of Topliss-reactive ketones (excluding diaryl/α,β-unsaturated/α-hetero) is 1. The van der Waals surface area contributed by atoms with Gasteiger partial charge in [-0.15, -0.1) is 0 Å². The van der Waals surface area contributed by atoms with Gasteiger partial charge in [0.2, 0.25) is 10.0 Å². The van der Waals surface area contributed by atoms with Crippen LogP contribution < -0.4 is 4.72 Å². The lowest BCUT2D eigenvalue weighted by atomic mass is 10.2. The van der Waals surface area contributed by atoms with Crippen LogP contribution in [0.4, 0.5) is 0 Å². The Hall–Kier alpha value is -1.99. The second kappa shape index (κ2) is 5.33. The third-order valence-electron chi connectivity index (χ3n) is 2.48. The third-order valence-corrected chi connectivity index (χ3v) is 3.88. The molecule has 0 amide bonds. The molecule has 0 saturated carbocycles. The number of carbonyl (C=O) groups is 1. The number of aromatic nitrogens is 1. The van der Waals surface area contributed by atoms with Gasteiger partial charge in [-0.25, -0.2) is 13.1 Å². The maximum Gasteiger partial charge on any atom is 0.241 e. The average molecular weight is 280 g/mol. The second-order valence-electron chi connectivity index (χ2n) is 3.89. The van der Waals surface area contributed by atoms with Gasteiger partial charge >= 0.3 is 0 Å². The minimum absolute atomic E-state index is 0.00658. The summed E-state index contributed by atoms with van der Waals surface area (Å²) in [6.45, 7) is 1.39. The quantitative estimate of drug-likeness (QED) is 0.835. The molecule has 2 rings (SSSR count). The van der Waals surface area contributed by atoms with Crippen molar-refractivity contribution in [2.75, 3.05) is 0 Å². The van der Waals surface area contributed by atoms with Crippen LogP contribution in [0.2, 0.25) is 0 Å². The Bertz CT molecular complexity index is 678. The van der Waals surface area contributed by atoms with Crippen molar-refractivity contribution >= 4 is 15.8 Å². The highest BCUT2D eigenvalue weighted by molar-refractivity contribution is 7.89. The van der Waals surface area contributed by atoms with Gasteiger partial charge < -0.3 is 4.52 Å². The number of rotatable bonds is 5. The van der Waals surface area contributed by atoms with Gasteiger partial charge in [0.05, 0.1) is 17.6 Å². The summed E-state index contributed by atoms with van der Waals surface area (Å²) in [5.41, 5.74) is 0.350. The highest BCUT2D eigenvalue weighted by Crippen LogP contribution is 2.12. The van der Waals surface area contributed by atoms with Gasteiger partial charge in [-0.3, -0.25) is 4.79 Å². The molecule has 0 bridgehead atoms. The molecular weight excluding hydrogens is 268 g/mol. The average Bonchev–Trinajstić information content (AvgIpc) is 2.90. The summed E-state index contributed by atoms with van der Waals surface area (Å²) in [7, 11) is -3.68. The summed E-state index contributed by atoms with van der Waals surface area (Å²) in [5.74, 6) is 0.221. The third kappa shape index (κ3) is 3.27. The zero-order valence-electron chi connectivity index (χ0n) is 10.2. The largest absolute Gasteiger partial charge is 0.360 e. The summed E-state index contributed by atoms with van der Waals surface area (Å²) in [4.78, 5) is 11.3. The van der Waals surface area contributed by atoms with E-state index in [1.165, 1.54) is 31.3 Å². The Balaban J connectivity index is 2.19. The van der Waals surface area contributed by atoms with Gasteiger partial charge in [-0.05, 0) is 19.1 Å². The lowest BCUT2D eigenvalue weighted by Crippen LogP contribution is -2.23. The highest BCUT2D eigenvalue weighted by Gasteiger charge is 2.15. The van der Waals surface area contributed by atoms with E-state index in [0.717, 1.165) is 0 Å². The maximum atomic E-state index is 12.0. The van der Waals surface area contributed by atoms with Crippen molar-refractivity contribution < 1.29 is 17.7 Å². The smallest absolute Gasteiger partial charge is 0.241 e. The Morgan fingerprint density at radius 1 is 1.37 bits per heavy atom. The van der Waals surface area contributed by atoms with Gasteiger partial charge in [0.25, 0.3) is 0 Å². The molecule has 0 atom stereocenters. The van der Waals surface area contributed by atoms with Crippen molar-refractivity contribution in [3.05, 3.63) is 47.9 Å². The van der Waals surface area contributed by atoms with E-state index < -0.39 is 10.0 Å². The molecule has 0 spiro atoms. The molecule has 0 radical (unpaired) electrons. The molecule has 100 valence electrons. The molecule has 0 fully saturated rings. The molecule has 0 unspecified atom stereocenters. The Labute approximate surface area is 110 Å². The second-order valence-corrected chi connectivity index (χ2v) is 5.65. The Morgan fingerprint density at radius 2 is 2.16 bits per heavy atom. The summed E-state index contributed by atoms with van der Waals surface area (Å²) in [5, 5.41) is 3.48. The molecule has 1 aromatic heterocycles. The molecule has 1 heterocycles. The molecule has 1 N–H and O–H groups in total. The van der Waals surface area contributed by atoms with E-state index in [9.17, 15) is 13.2 Å². The minimum atomic E-state index is -3.68. The predicted molar refractivity (Wildman–Crippen MR) is 67.0 cm³/mol. The van der Waals surface area contributed by atoms with Crippen LogP contribution in [0.5, 0.6) is 0 Å². The van der Waals surface area contributed by atoms with Crippen molar-refractivity contribution in [2.45, 2.75) is 18.4 Å². The van der Waals surface area contributed by atoms with Crippen LogP contribution in [-0.2, 0) is 16.6 Å². The molecule has 19 heavy (non-hydrogen) atoms. The van der Waals surface area contributed by atoms with Gasteiger partial charge in [0, 0.05) is 11.6 Å². The first-order valence-corrected chi connectivity index (χ1v) is 6.97. The summed E-state index contributed by atoms with van der Waals surface area (Å²) in [6, 6.07) is 7.42. The van der Waals surface area contributed by atoms with E-state index in [1.54, 1.807) is 12.1 Å². The predicted octanol–water partition coefficient (Wildman–Crippen LogP) is 1.36. The van der Waals surface area contributed by atoms with Crippen molar-refractivity contribution in [2.24, 2.45) is 0 Å². The monoisotopic (exact) mass is 280 g/mol. The first-order chi connectivity index (χ1) is 8.99. The molecule has 1 aromatic carbocycles. The van der Waals surface area contributed by atoms with E-state index in [-0.39, 0.29) is 17.2 Å². The fourth-order valence-corrected chi connectivity index (χ4v) is 2.50. The number of hydrogen-bond donors (Lipinski definition) is 1. The van der Waals surface area contributed by atoms with Crippen molar-refractivity contribution in [3.8, 4) is 0 Å². The van der Waals surface area contributed by atoms with Crippen molar-refractivity contribution in [1.82, 2.24) is 9.88 Å². The number of nitrogens with zero attached hydrogens (tertiary/aromatic N) is 1. The van der Waals surface area contributed by atoms with E-state index in [2.05, 4.69) is 9.88 Å². The topological polar surface area (TPSA) is 89.3 Å². The normalized spacial score (nSPS) is 11.4. The van der Waals surface area contributed by atoms with Gasteiger partial charge in [0.15, 0.2) is 11.5 Å². The molecule has 0 aliphatic rings. The van der Waals surface area contributed by atoms with Crippen LogP contribution in [0.1, 0.15) is 23.0 Å². The number of ketones is 1. The van der Waals surface area contributed by atoms with E-state index >= 15 is 0 Å². The standard InChI is InChI=1S/C12H12N2O4S/c1-9(15)10-3-2-4-12(7-10)19(16,17)14-8-11-5-6-13-18-11/h2-7,14H,8H2,1H3. The highest BCUT2D eigenvalue weighted by atomic mass is 32.2. The fourth-order valence-electron chi connectivity index (χ4n) is 1.47. The number of benzene rings is 1. The molecule has 0 aliphatic carbocycles. The number of carbonyl (C=O) groups excluding carboxylic acids is 1. The molecule has 0 aliphatic heterocycles. The molecule has 2 aromatic rings. The maximum absolute atomic E-state index is 12.0. The lowest BCUT2D eigenvalue weighted by molar-refractivity contribution is 0.101. The SMILES string of the molecule is CC(=O)c1cccc(S(=O)(=O)NCc2ccno2)c1. The first-order valence-electron chi connectivity index (χ1n) is 5.49. The first kappa shape index (κ1) is 13.4. The molecule has 0 saturated heterocycles. The molecule has 7 heteroatoms. The van der Waals surface area contributed by atoms with Gasteiger partial charge in [-0.1, -0.05) is 17.3 Å². The van der Waals surface area contributed by atoms with E-state index in [0.29, 0.717) is 11.3 Å². The van der Waals surface area contributed by atoms with Gasteiger partial charge in [0.1, 0.15) is 0 Å². The Morgan fingerprint density at radius 3 is 2.79 bits per heavy atom. The van der Waals surface area contributed by atoms with Crippen LogP contribution >= 0.6 is 0 Å². The van der Waals surface area contributed by atoms with E-state index in [1.807, 2.05) is 0 Å². The van der Waals surface area contributed by atoms with Crippen LogP contribution in [0.25, 0.3) is 0 Å². The summed E-state index contributed by atoms with van der Waals surface area (Å²) < 4.78 is 31.2. The molecule has 6 nitrogen and oxygen atoms in total. The van der Waals surface area contributed by atoms with Crippen LogP contribution in [0, 0.1) is 0 Å². The zero-order valence-corrected chi connectivity index (χ0v) is 11.0. The zero-order chi connectivity index (χ0) is 13.9. The fraction of sp³-hybridized carbons (Fsp3) is 0.167. The summed E-state index contributed by atoms with van der Waals surface area (Å²) >= 11 is 0. The van der Waals surface area contributed by atoms with Crippen molar-refractivity contribution in [3.63, 3.8) is 0 Å². The number of nitrogens with one attached hydrogen (secondary N) is 1. The van der Waals surface area contributed by atoms with E-state index in [4.69, 9.17) is 4.52 Å². The molecular formula is C12H12N2O4S. The lowest BCUT2D eigenvalue weighted by Gasteiger charge is -2.06. The minimum Gasteiger partial charge on any atom is -0.360 e. The van der Waals surface area contributed by atoms with Gasteiger partial charge in [-0.2, -0.15) is 0 Å². The Kier molecular flexibility index (Phi) is 3.77. The summed E-state index contributed by atoms with van der Waals surface area (Å²) in [6.07, 6.45) is 1.43. The van der Waals surface area contributed by atoms with Crippen LogP contribution in [0.3, 0.4) is 0 Å².